The molecular weight excluding hydrogens is 292 g/mol. The van der Waals surface area contributed by atoms with Crippen molar-refractivity contribution in [2.24, 2.45) is 0 Å². The van der Waals surface area contributed by atoms with Gasteiger partial charge in [-0.15, -0.1) is 5.10 Å². The molecule has 23 heavy (non-hydrogen) atoms. The van der Waals surface area contributed by atoms with Crippen LogP contribution in [-0.2, 0) is 13.2 Å². The zero-order valence-electron chi connectivity index (χ0n) is 12.9. The molecule has 1 N–H and O–H groups in total. The van der Waals surface area contributed by atoms with Gasteiger partial charge in [0.2, 0.25) is 0 Å². The van der Waals surface area contributed by atoms with E-state index < -0.39 is 0 Å². The van der Waals surface area contributed by atoms with Crippen LogP contribution in [0.5, 0.6) is 5.75 Å². The topological polar surface area (TPSA) is 73.1 Å². The summed E-state index contributed by atoms with van der Waals surface area (Å²) < 4.78 is 7.46. The lowest BCUT2D eigenvalue weighted by molar-refractivity contribution is 0.277. The normalized spacial score (nSPS) is 10.7. The van der Waals surface area contributed by atoms with Crippen molar-refractivity contribution in [1.82, 2.24) is 20.0 Å². The summed E-state index contributed by atoms with van der Waals surface area (Å²) in [6, 6.07) is 11.7. The number of hydrogen-bond donors (Lipinski definition) is 1. The van der Waals surface area contributed by atoms with Crippen molar-refractivity contribution < 1.29 is 9.84 Å². The molecule has 0 amide bonds. The summed E-state index contributed by atoms with van der Waals surface area (Å²) in [6.07, 6.45) is 3.44. The molecule has 3 aromatic rings. The number of hydrogen-bond acceptors (Lipinski definition) is 5. The third-order valence-electron chi connectivity index (χ3n) is 3.48. The second-order valence-corrected chi connectivity index (χ2v) is 5.17. The van der Waals surface area contributed by atoms with Gasteiger partial charge in [-0.3, -0.25) is 4.98 Å². The molecule has 3 rings (SSSR count). The fraction of sp³-hybridized carbons (Fsp3) is 0.235. The molecule has 0 radical (unpaired) electrons. The number of rotatable bonds is 6. The van der Waals surface area contributed by atoms with E-state index in [9.17, 15) is 5.11 Å². The maximum absolute atomic E-state index is 9.46. The number of benzene rings is 1. The van der Waals surface area contributed by atoms with Crippen LogP contribution >= 0.6 is 0 Å². The van der Waals surface area contributed by atoms with Gasteiger partial charge in [0.25, 0.3) is 0 Å². The van der Waals surface area contributed by atoms with E-state index in [-0.39, 0.29) is 6.61 Å². The smallest absolute Gasteiger partial charge is 0.119 e. The Morgan fingerprint density at radius 2 is 2.00 bits per heavy atom. The van der Waals surface area contributed by atoms with Crippen molar-refractivity contribution in [3.05, 3.63) is 60.0 Å². The van der Waals surface area contributed by atoms with Gasteiger partial charge in [-0.05, 0) is 31.2 Å². The van der Waals surface area contributed by atoms with Gasteiger partial charge >= 0.3 is 0 Å². The minimum absolute atomic E-state index is 0.164. The Morgan fingerprint density at radius 1 is 1.17 bits per heavy atom. The maximum atomic E-state index is 9.46. The van der Waals surface area contributed by atoms with Gasteiger partial charge in [0.15, 0.2) is 0 Å². The first-order valence-electron chi connectivity index (χ1n) is 7.41. The molecule has 2 aromatic heterocycles. The highest BCUT2D eigenvalue weighted by atomic mass is 16.5. The summed E-state index contributed by atoms with van der Waals surface area (Å²) >= 11 is 0. The molecule has 0 bridgehead atoms. The molecule has 0 aliphatic heterocycles. The number of aryl methyl sites for hydroxylation is 1. The Balaban J connectivity index is 1.73. The largest absolute Gasteiger partial charge is 0.492 e. The Hall–Kier alpha value is -2.73. The van der Waals surface area contributed by atoms with Crippen LogP contribution in [0.1, 0.15) is 11.3 Å². The Bertz CT molecular complexity index is 754. The van der Waals surface area contributed by atoms with Gasteiger partial charge < -0.3 is 9.84 Å². The highest BCUT2D eigenvalue weighted by Gasteiger charge is 2.14. The number of ether oxygens (including phenoxy) is 1. The number of aliphatic hydroxyl groups is 1. The summed E-state index contributed by atoms with van der Waals surface area (Å²) in [4.78, 5) is 4.11. The van der Waals surface area contributed by atoms with E-state index in [4.69, 9.17) is 4.74 Å². The second kappa shape index (κ2) is 7.02. The molecule has 6 heteroatoms. The first-order chi connectivity index (χ1) is 11.3. The van der Waals surface area contributed by atoms with Crippen LogP contribution in [0, 0.1) is 6.92 Å². The monoisotopic (exact) mass is 310 g/mol. The molecule has 0 fully saturated rings. The molecule has 1 aromatic carbocycles. The highest BCUT2D eigenvalue weighted by Crippen LogP contribution is 2.21. The van der Waals surface area contributed by atoms with Gasteiger partial charge in [-0.1, -0.05) is 22.9 Å². The molecular formula is C17H18N4O2. The predicted molar refractivity (Wildman–Crippen MR) is 85.8 cm³/mol. The molecule has 6 nitrogen and oxygen atoms in total. The summed E-state index contributed by atoms with van der Waals surface area (Å²) in [6.45, 7) is 2.87. The van der Waals surface area contributed by atoms with Crippen molar-refractivity contribution >= 4 is 0 Å². The zero-order valence-corrected chi connectivity index (χ0v) is 12.9. The summed E-state index contributed by atoms with van der Waals surface area (Å²) in [7, 11) is 0. The van der Waals surface area contributed by atoms with Crippen LogP contribution in [0.25, 0.3) is 11.3 Å². The van der Waals surface area contributed by atoms with E-state index in [1.54, 1.807) is 17.1 Å². The second-order valence-electron chi connectivity index (χ2n) is 5.17. The van der Waals surface area contributed by atoms with E-state index in [0.29, 0.717) is 18.8 Å². The third-order valence-corrected chi connectivity index (χ3v) is 3.48. The van der Waals surface area contributed by atoms with Crippen molar-refractivity contribution in [2.45, 2.75) is 20.1 Å². The molecule has 0 aliphatic rings. The first-order valence-corrected chi connectivity index (χ1v) is 7.41. The molecule has 118 valence electrons. The van der Waals surface area contributed by atoms with Gasteiger partial charge in [0.05, 0.1) is 18.8 Å². The molecule has 0 saturated carbocycles. The van der Waals surface area contributed by atoms with Gasteiger partial charge in [-0.2, -0.15) is 0 Å². The summed E-state index contributed by atoms with van der Waals surface area (Å²) in [5.41, 5.74) is 3.37. The number of pyridine rings is 1. The van der Waals surface area contributed by atoms with Crippen molar-refractivity contribution in [3.8, 4) is 17.0 Å². The van der Waals surface area contributed by atoms with Crippen LogP contribution in [0.3, 0.4) is 0 Å². The summed E-state index contributed by atoms with van der Waals surface area (Å²) in [5.74, 6) is 0.820. The maximum Gasteiger partial charge on any atom is 0.119 e. The molecule has 0 saturated heterocycles. The lowest BCUT2D eigenvalue weighted by Gasteiger charge is -2.09. The standard InChI is InChI=1S/C17H18N4O2/c1-13-4-6-15(7-5-13)23-10-9-21-17(16(12-22)19-20-21)14-3-2-8-18-11-14/h2-8,11,22H,9-10,12H2,1H3. The SMILES string of the molecule is Cc1ccc(OCCn2nnc(CO)c2-c2cccnc2)cc1. The molecule has 0 spiro atoms. The van der Waals surface area contributed by atoms with Crippen LogP contribution in [-0.4, -0.2) is 31.7 Å². The highest BCUT2D eigenvalue weighted by molar-refractivity contribution is 5.60. The Labute approximate surface area is 134 Å². The number of aromatic nitrogens is 4. The van der Waals surface area contributed by atoms with E-state index in [1.807, 2.05) is 43.3 Å². The lowest BCUT2D eigenvalue weighted by atomic mass is 10.1. The molecule has 0 atom stereocenters. The zero-order chi connectivity index (χ0) is 16.1. The summed E-state index contributed by atoms with van der Waals surface area (Å²) in [5, 5.41) is 17.6. The van der Waals surface area contributed by atoms with Crippen LogP contribution in [0.15, 0.2) is 48.8 Å². The lowest BCUT2D eigenvalue weighted by Crippen LogP contribution is -2.11. The van der Waals surface area contributed by atoms with Crippen molar-refractivity contribution in [3.63, 3.8) is 0 Å². The first kappa shape index (κ1) is 15.2. The Morgan fingerprint density at radius 3 is 2.70 bits per heavy atom. The minimum atomic E-state index is -0.164. The fourth-order valence-corrected chi connectivity index (χ4v) is 2.31. The minimum Gasteiger partial charge on any atom is -0.492 e. The van der Waals surface area contributed by atoms with Crippen LogP contribution in [0.2, 0.25) is 0 Å². The van der Waals surface area contributed by atoms with E-state index >= 15 is 0 Å². The van der Waals surface area contributed by atoms with E-state index in [1.165, 1.54) is 5.56 Å². The molecule has 0 unspecified atom stereocenters. The number of aliphatic hydroxyl groups excluding tert-OH is 1. The Kier molecular flexibility index (Phi) is 4.63. The third kappa shape index (κ3) is 3.54. The average Bonchev–Trinajstić information content (AvgIpc) is 3.00. The predicted octanol–water partition coefficient (Wildman–Crippen LogP) is 2.22. The van der Waals surface area contributed by atoms with Gasteiger partial charge in [0, 0.05) is 18.0 Å². The molecule has 2 heterocycles. The van der Waals surface area contributed by atoms with Crippen molar-refractivity contribution in [1.29, 1.82) is 0 Å². The van der Waals surface area contributed by atoms with E-state index in [0.717, 1.165) is 17.0 Å². The van der Waals surface area contributed by atoms with Crippen molar-refractivity contribution in [2.75, 3.05) is 6.61 Å². The van der Waals surface area contributed by atoms with Crippen LogP contribution in [0.4, 0.5) is 0 Å². The van der Waals surface area contributed by atoms with E-state index in [2.05, 4.69) is 15.3 Å². The average molecular weight is 310 g/mol. The van der Waals surface area contributed by atoms with Crippen LogP contribution < -0.4 is 4.74 Å². The van der Waals surface area contributed by atoms with Gasteiger partial charge in [0.1, 0.15) is 18.1 Å². The quantitative estimate of drug-likeness (QED) is 0.756. The number of nitrogens with zero attached hydrogens (tertiary/aromatic N) is 4. The fourth-order valence-electron chi connectivity index (χ4n) is 2.31. The van der Waals surface area contributed by atoms with Gasteiger partial charge in [-0.25, -0.2) is 4.68 Å². The molecule has 0 aliphatic carbocycles.